The summed E-state index contributed by atoms with van der Waals surface area (Å²) in [5.74, 6) is 0.767. The van der Waals surface area contributed by atoms with Crippen molar-refractivity contribution in [1.82, 2.24) is 4.90 Å². The fourth-order valence-electron chi connectivity index (χ4n) is 3.00. The largest absolute Gasteiger partial charge is 0.366 e. The minimum atomic E-state index is -0.0387. The second kappa shape index (κ2) is 4.91. The lowest BCUT2D eigenvalue weighted by Gasteiger charge is -2.40. The number of amidine groups is 1. The third-order valence-corrected chi connectivity index (χ3v) is 3.93. The zero-order valence-electron chi connectivity index (χ0n) is 10.9. The predicted molar refractivity (Wildman–Crippen MR) is 72.6 cm³/mol. The third-order valence-electron chi connectivity index (χ3n) is 3.93. The van der Waals surface area contributed by atoms with Crippen LogP contribution in [-0.2, 0) is 5.41 Å². The van der Waals surface area contributed by atoms with Crippen LogP contribution in [0.3, 0.4) is 0 Å². The average Bonchev–Trinajstić information content (AvgIpc) is 2.39. The Kier molecular flexibility index (Phi) is 3.51. The first kappa shape index (κ1) is 12.2. The monoisotopic (exact) mass is 230 g/mol. The minimum Gasteiger partial charge on any atom is -0.366 e. The van der Waals surface area contributed by atoms with Crippen molar-refractivity contribution in [1.29, 1.82) is 5.41 Å². The van der Waals surface area contributed by atoms with Gasteiger partial charge in [0.15, 0.2) is 0 Å². The van der Waals surface area contributed by atoms with Crippen molar-refractivity contribution in [3.63, 3.8) is 0 Å². The smallest absolute Gasteiger partial charge is 0.106 e. The van der Waals surface area contributed by atoms with E-state index in [1.165, 1.54) is 24.8 Å². The van der Waals surface area contributed by atoms with Gasteiger partial charge in [-0.25, -0.2) is 0 Å². The Morgan fingerprint density at radius 1 is 1.06 bits per heavy atom. The Bertz CT molecular complexity index is 375. The third kappa shape index (κ3) is 2.21. The minimum absolute atomic E-state index is 0.0387. The quantitative estimate of drug-likeness (QED) is 0.611. The van der Waals surface area contributed by atoms with Gasteiger partial charge in [-0.05, 0) is 18.4 Å². The molecular weight excluding hydrogens is 208 g/mol. The van der Waals surface area contributed by atoms with Crippen molar-refractivity contribution < 1.29 is 0 Å². The van der Waals surface area contributed by atoms with Crippen molar-refractivity contribution in [3.05, 3.63) is 35.9 Å². The van der Waals surface area contributed by atoms with Crippen LogP contribution in [0.1, 0.15) is 37.7 Å². The van der Waals surface area contributed by atoms with Gasteiger partial charge in [0.2, 0.25) is 0 Å². The van der Waals surface area contributed by atoms with Gasteiger partial charge in [0.25, 0.3) is 0 Å². The Morgan fingerprint density at radius 3 is 2.18 bits per heavy atom. The average molecular weight is 230 g/mol. The zero-order chi connectivity index (χ0) is 12.3. The molecule has 2 heteroatoms. The van der Waals surface area contributed by atoms with E-state index in [-0.39, 0.29) is 5.41 Å². The summed E-state index contributed by atoms with van der Waals surface area (Å²) in [6, 6.07) is 10.6. The number of hydrogen-bond donors (Lipinski definition) is 1. The van der Waals surface area contributed by atoms with E-state index in [4.69, 9.17) is 5.41 Å². The first-order valence-corrected chi connectivity index (χ1v) is 6.49. The summed E-state index contributed by atoms with van der Waals surface area (Å²) < 4.78 is 0. The molecule has 0 amide bonds. The maximum Gasteiger partial charge on any atom is 0.106 e. The van der Waals surface area contributed by atoms with Crippen molar-refractivity contribution in [2.45, 2.75) is 37.5 Å². The maximum atomic E-state index is 8.45. The fourth-order valence-corrected chi connectivity index (χ4v) is 3.00. The Balaban J connectivity index is 2.40. The second-order valence-corrected chi connectivity index (χ2v) is 5.25. The molecule has 0 bridgehead atoms. The number of likely N-dealkylation sites (N-methyl/N-ethyl adjacent to an activating group) is 1. The highest BCUT2D eigenvalue weighted by atomic mass is 15.1. The molecule has 92 valence electrons. The van der Waals surface area contributed by atoms with E-state index in [9.17, 15) is 0 Å². The van der Waals surface area contributed by atoms with Crippen LogP contribution >= 0.6 is 0 Å². The van der Waals surface area contributed by atoms with Crippen LogP contribution in [0.5, 0.6) is 0 Å². The van der Waals surface area contributed by atoms with Crippen LogP contribution in [0.4, 0.5) is 0 Å². The van der Waals surface area contributed by atoms with E-state index in [2.05, 4.69) is 30.3 Å². The van der Waals surface area contributed by atoms with E-state index < -0.39 is 0 Å². The summed E-state index contributed by atoms with van der Waals surface area (Å²) in [6.45, 7) is 0. The van der Waals surface area contributed by atoms with Gasteiger partial charge >= 0.3 is 0 Å². The molecule has 0 spiro atoms. The molecule has 1 aromatic carbocycles. The summed E-state index contributed by atoms with van der Waals surface area (Å²) in [4.78, 5) is 1.97. The topological polar surface area (TPSA) is 27.1 Å². The van der Waals surface area contributed by atoms with Crippen LogP contribution in [0.2, 0.25) is 0 Å². The van der Waals surface area contributed by atoms with Gasteiger partial charge in [-0.2, -0.15) is 0 Å². The summed E-state index contributed by atoms with van der Waals surface area (Å²) in [7, 11) is 3.98. The predicted octanol–water partition coefficient (Wildman–Crippen LogP) is 3.43. The second-order valence-electron chi connectivity index (χ2n) is 5.25. The van der Waals surface area contributed by atoms with Gasteiger partial charge in [-0.1, -0.05) is 49.6 Å². The Morgan fingerprint density at radius 2 is 1.65 bits per heavy atom. The van der Waals surface area contributed by atoms with Gasteiger partial charge in [0, 0.05) is 14.1 Å². The van der Waals surface area contributed by atoms with Gasteiger partial charge in [-0.15, -0.1) is 0 Å². The molecule has 0 radical (unpaired) electrons. The normalized spacial score (nSPS) is 18.7. The fraction of sp³-hybridized carbons (Fsp3) is 0.533. The molecule has 0 aromatic heterocycles. The molecule has 17 heavy (non-hydrogen) atoms. The van der Waals surface area contributed by atoms with E-state index in [1.54, 1.807) is 0 Å². The summed E-state index contributed by atoms with van der Waals surface area (Å²) in [5, 5.41) is 8.45. The molecule has 0 atom stereocenters. The maximum absolute atomic E-state index is 8.45. The van der Waals surface area contributed by atoms with Crippen LogP contribution in [0.15, 0.2) is 30.3 Å². The molecule has 2 rings (SSSR count). The summed E-state index contributed by atoms with van der Waals surface area (Å²) in [5.41, 5.74) is 1.28. The molecule has 1 fully saturated rings. The highest BCUT2D eigenvalue weighted by Crippen LogP contribution is 2.40. The van der Waals surface area contributed by atoms with Crippen molar-refractivity contribution in [2.24, 2.45) is 0 Å². The molecule has 1 aliphatic rings. The SMILES string of the molecule is CN(C)C(=N)C1(c2ccccc2)CCCCC1. The molecule has 2 nitrogen and oxygen atoms in total. The molecule has 1 aromatic rings. The lowest BCUT2D eigenvalue weighted by molar-refractivity contribution is 0.350. The van der Waals surface area contributed by atoms with Gasteiger partial charge in [0.1, 0.15) is 5.84 Å². The van der Waals surface area contributed by atoms with Crippen LogP contribution in [-0.4, -0.2) is 24.8 Å². The number of nitrogens with one attached hydrogen (secondary N) is 1. The highest BCUT2D eigenvalue weighted by Gasteiger charge is 2.38. The lowest BCUT2D eigenvalue weighted by atomic mass is 9.68. The zero-order valence-corrected chi connectivity index (χ0v) is 10.9. The number of benzene rings is 1. The standard InChI is InChI=1S/C15H22N2/c1-17(2)14(16)15(11-7-4-8-12-15)13-9-5-3-6-10-13/h3,5-6,9-10,16H,4,7-8,11-12H2,1-2H3. The van der Waals surface area contributed by atoms with Crippen LogP contribution in [0, 0.1) is 5.41 Å². The van der Waals surface area contributed by atoms with E-state index in [0.29, 0.717) is 0 Å². The molecule has 0 unspecified atom stereocenters. The van der Waals surface area contributed by atoms with Crippen molar-refractivity contribution in [3.8, 4) is 0 Å². The summed E-state index contributed by atoms with van der Waals surface area (Å²) >= 11 is 0. The molecule has 0 heterocycles. The van der Waals surface area contributed by atoms with Crippen LogP contribution in [0.25, 0.3) is 0 Å². The molecular formula is C15H22N2. The molecule has 1 N–H and O–H groups in total. The highest BCUT2D eigenvalue weighted by molar-refractivity contribution is 5.90. The number of rotatable bonds is 2. The molecule has 1 saturated carbocycles. The van der Waals surface area contributed by atoms with E-state index in [1.807, 2.05) is 19.0 Å². The van der Waals surface area contributed by atoms with Gasteiger partial charge in [-0.3, -0.25) is 5.41 Å². The summed E-state index contributed by atoms with van der Waals surface area (Å²) in [6.07, 6.45) is 6.04. The van der Waals surface area contributed by atoms with Gasteiger partial charge < -0.3 is 4.90 Å². The van der Waals surface area contributed by atoms with Crippen molar-refractivity contribution in [2.75, 3.05) is 14.1 Å². The Hall–Kier alpha value is -1.31. The van der Waals surface area contributed by atoms with Gasteiger partial charge in [0.05, 0.1) is 5.41 Å². The van der Waals surface area contributed by atoms with Crippen LogP contribution < -0.4 is 0 Å². The number of hydrogen-bond acceptors (Lipinski definition) is 1. The molecule has 0 saturated heterocycles. The van der Waals surface area contributed by atoms with E-state index in [0.717, 1.165) is 18.7 Å². The molecule has 0 aliphatic heterocycles. The van der Waals surface area contributed by atoms with Crippen molar-refractivity contribution >= 4 is 5.84 Å². The first-order chi connectivity index (χ1) is 8.17. The number of nitrogens with zero attached hydrogens (tertiary/aromatic N) is 1. The lowest BCUT2D eigenvalue weighted by Crippen LogP contribution is -2.44. The molecule has 1 aliphatic carbocycles. The Labute approximate surface area is 104 Å². The van der Waals surface area contributed by atoms with E-state index >= 15 is 0 Å². The first-order valence-electron chi connectivity index (χ1n) is 6.49.